The molecule has 20 heavy (non-hydrogen) atoms. The standard InChI is InChI=1S/C14H19FN2O3/c1-2-19-14(18)10-6-13(11(15)7-12(10)16)17-8-9-4-3-5-20-9/h6-7,9,17H,2-5,8,16H2,1H3. The number of halogens is 1. The number of rotatable bonds is 5. The van der Waals surface area contributed by atoms with Crippen LogP contribution in [0.5, 0.6) is 0 Å². The molecule has 1 heterocycles. The average molecular weight is 282 g/mol. The summed E-state index contributed by atoms with van der Waals surface area (Å²) in [6.45, 7) is 3.19. The smallest absolute Gasteiger partial charge is 0.340 e. The molecule has 1 aliphatic heterocycles. The summed E-state index contributed by atoms with van der Waals surface area (Å²) in [6, 6.07) is 2.52. The van der Waals surface area contributed by atoms with E-state index in [4.69, 9.17) is 15.2 Å². The molecule has 0 spiro atoms. The first-order valence-corrected chi connectivity index (χ1v) is 6.73. The molecule has 1 aliphatic rings. The molecule has 0 amide bonds. The number of benzene rings is 1. The van der Waals surface area contributed by atoms with Crippen LogP contribution in [0.4, 0.5) is 15.8 Å². The number of esters is 1. The molecule has 0 aliphatic carbocycles. The summed E-state index contributed by atoms with van der Waals surface area (Å²) in [5.74, 6) is -1.04. The highest BCUT2D eigenvalue weighted by atomic mass is 19.1. The van der Waals surface area contributed by atoms with E-state index >= 15 is 0 Å². The van der Waals surface area contributed by atoms with Crippen molar-refractivity contribution < 1.29 is 18.7 Å². The molecule has 5 nitrogen and oxygen atoms in total. The highest BCUT2D eigenvalue weighted by molar-refractivity contribution is 5.96. The quantitative estimate of drug-likeness (QED) is 0.639. The van der Waals surface area contributed by atoms with Crippen molar-refractivity contribution in [2.75, 3.05) is 30.8 Å². The highest BCUT2D eigenvalue weighted by Crippen LogP contribution is 2.24. The average Bonchev–Trinajstić information content (AvgIpc) is 2.91. The molecule has 1 saturated heterocycles. The Balaban J connectivity index is 2.10. The van der Waals surface area contributed by atoms with E-state index in [1.165, 1.54) is 6.07 Å². The van der Waals surface area contributed by atoms with E-state index < -0.39 is 11.8 Å². The summed E-state index contributed by atoms with van der Waals surface area (Å²) in [5.41, 5.74) is 6.12. The monoisotopic (exact) mass is 282 g/mol. The number of carbonyl (C=O) groups excluding carboxylic acids is 1. The van der Waals surface area contributed by atoms with E-state index in [1.807, 2.05) is 0 Å². The summed E-state index contributed by atoms with van der Waals surface area (Å²) < 4.78 is 24.2. The van der Waals surface area contributed by atoms with Crippen molar-refractivity contribution in [2.45, 2.75) is 25.9 Å². The zero-order valence-corrected chi connectivity index (χ0v) is 11.4. The Labute approximate surface area is 117 Å². The summed E-state index contributed by atoms with van der Waals surface area (Å²) in [5, 5.41) is 2.96. The van der Waals surface area contributed by atoms with Crippen LogP contribution >= 0.6 is 0 Å². The predicted octanol–water partition coefficient (Wildman–Crippen LogP) is 2.18. The van der Waals surface area contributed by atoms with E-state index in [2.05, 4.69) is 5.32 Å². The SMILES string of the molecule is CCOC(=O)c1cc(NCC2CCCO2)c(F)cc1N. The molecule has 0 aromatic heterocycles. The molecule has 0 saturated carbocycles. The number of nitrogen functional groups attached to an aromatic ring is 1. The Morgan fingerprint density at radius 2 is 2.40 bits per heavy atom. The fourth-order valence-electron chi connectivity index (χ4n) is 2.14. The molecular weight excluding hydrogens is 263 g/mol. The van der Waals surface area contributed by atoms with Gasteiger partial charge in [0.05, 0.1) is 24.0 Å². The van der Waals surface area contributed by atoms with E-state index in [0.717, 1.165) is 25.5 Å². The number of nitrogens with two attached hydrogens (primary N) is 1. The summed E-state index contributed by atoms with van der Waals surface area (Å²) in [4.78, 5) is 11.7. The Kier molecular flexibility index (Phi) is 4.79. The minimum absolute atomic E-state index is 0.0728. The second kappa shape index (κ2) is 6.56. The van der Waals surface area contributed by atoms with Crippen LogP contribution in [0, 0.1) is 5.82 Å². The van der Waals surface area contributed by atoms with Crippen molar-refractivity contribution >= 4 is 17.3 Å². The van der Waals surface area contributed by atoms with Gasteiger partial charge < -0.3 is 20.5 Å². The van der Waals surface area contributed by atoms with Gasteiger partial charge in [0.1, 0.15) is 5.82 Å². The second-order valence-corrected chi connectivity index (χ2v) is 4.66. The Hall–Kier alpha value is -1.82. The van der Waals surface area contributed by atoms with E-state index in [-0.39, 0.29) is 29.6 Å². The first-order chi connectivity index (χ1) is 9.61. The van der Waals surface area contributed by atoms with Crippen LogP contribution in [-0.4, -0.2) is 31.8 Å². The van der Waals surface area contributed by atoms with Crippen molar-refractivity contribution in [2.24, 2.45) is 0 Å². The molecule has 1 atom stereocenters. The maximum Gasteiger partial charge on any atom is 0.340 e. The van der Waals surface area contributed by atoms with E-state index in [9.17, 15) is 9.18 Å². The van der Waals surface area contributed by atoms with Gasteiger partial charge in [-0.15, -0.1) is 0 Å². The third-order valence-corrected chi connectivity index (χ3v) is 3.18. The van der Waals surface area contributed by atoms with Gasteiger partial charge in [-0.2, -0.15) is 0 Å². The lowest BCUT2D eigenvalue weighted by Gasteiger charge is -2.14. The fourth-order valence-corrected chi connectivity index (χ4v) is 2.14. The van der Waals surface area contributed by atoms with Crippen LogP contribution < -0.4 is 11.1 Å². The lowest BCUT2D eigenvalue weighted by atomic mass is 10.1. The molecule has 1 unspecified atom stereocenters. The van der Waals surface area contributed by atoms with Crippen LogP contribution in [0.15, 0.2) is 12.1 Å². The first kappa shape index (κ1) is 14.6. The first-order valence-electron chi connectivity index (χ1n) is 6.73. The summed E-state index contributed by atoms with van der Waals surface area (Å²) in [7, 11) is 0. The van der Waals surface area contributed by atoms with Gasteiger partial charge in [-0.25, -0.2) is 9.18 Å². The number of ether oxygens (including phenoxy) is 2. The summed E-state index contributed by atoms with van der Waals surface area (Å²) in [6.07, 6.45) is 2.05. The minimum Gasteiger partial charge on any atom is -0.462 e. The van der Waals surface area contributed by atoms with Crippen molar-refractivity contribution in [1.82, 2.24) is 0 Å². The van der Waals surface area contributed by atoms with Crippen molar-refractivity contribution in [3.8, 4) is 0 Å². The fraction of sp³-hybridized carbons (Fsp3) is 0.500. The maximum atomic E-state index is 13.8. The largest absolute Gasteiger partial charge is 0.462 e. The maximum absolute atomic E-state index is 13.8. The van der Waals surface area contributed by atoms with Gasteiger partial charge in [-0.3, -0.25) is 0 Å². The van der Waals surface area contributed by atoms with Crippen LogP contribution in [0.1, 0.15) is 30.1 Å². The van der Waals surface area contributed by atoms with Gasteiger partial charge in [0, 0.05) is 18.8 Å². The molecule has 6 heteroatoms. The Bertz CT molecular complexity index is 488. The van der Waals surface area contributed by atoms with Gasteiger partial charge in [0.25, 0.3) is 0 Å². The minimum atomic E-state index is -0.551. The van der Waals surface area contributed by atoms with E-state index in [0.29, 0.717) is 6.54 Å². The van der Waals surface area contributed by atoms with Crippen LogP contribution in [-0.2, 0) is 9.47 Å². The molecule has 3 N–H and O–H groups in total. The van der Waals surface area contributed by atoms with Gasteiger partial charge >= 0.3 is 5.97 Å². The zero-order chi connectivity index (χ0) is 14.5. The highest BCUT2D eigenvalue weighted by Gasteiger charge is 2.18. The number of carbonyl (C=O) groups is 1. The number of hydrogen-bond donors (Lipinski definition) is 2. The van der Waals surface area contributed by atoms with Gasteiger partial charge in [0.2, 0.25) is 0 Å². The van der Waals surface area contributed by atoms with Gasteiger partial charge in [-0.05, 0) is 31.9 Å². The second-order valence-electron chi connectivity index (χ2n) is 4.66. The molecule has 1 fully saturated rings. The lowest BCUT2D eigenvalue weighted by molar-refractivity contribution is 0.0527. The van der Waals surface area contributed by atoms with E-state index in [1.54, 1.807) is 6.92 Å². The van der Waals surface area contributed by atoms with Crippen molar-refractivity contribution in [3.63, 3.8) is 0 Å². The molecule has 0 bridgehead atoms. The molecule has 1 aromatic rings. The van der Waals surface area contributed by atoms with Gasteiger partial charge in [0.15, 0.2) is 0 Å². The van der Waals surface area contributed by atoms with Crippen LogP contribution in [0.2, 0.25) is 0 Å². The zero-order valence-electron chi connectivity index (χ0n) is 11.4. The topological polar surface area (TPSA) is 73.6 Å². The lowest BCUT2D eigenvalue weighted by Crippen LogP contribution is -2.19. The Morgan fingerprint density at radius 3 is 3.05 bits per heavy atom. The number of anilines is 2. The summed E-state index contributed by atoms with van der Waals surface area (Å²) >= 11 is 0. The normalized spacial score (nSPS) is 18.0. The molecule has 1 aromatic carbocycles. The number of hydrogen-bond acceptors (Lipinski definition) is 5. The third-order valence-electron chi connectivity index (χ3n) is 3.18. The third kappa shape index (κ3) is 3.39. The van der Waals surface area contributed by atoms with Crippen molar-refractivity contribution in [3.05, 3.63) is 23.5 Å². The van der Waals surface area contributed by atoms with Crippen LogP contribution in [0.25, 0.3) is 0 Å². The predicted molar refractivity (Wildman–Crippen MR) is 74.2 cm³/mol. The Morgan fingerprint density at radius 1 is 1.60 bits per heavy atom. The molecule has 2 rings (SSSR count). The molecule has 110 valence electrons. The van der Waals surface area contributed by atoms with Crippen LogP contribution in [0.3, 0.4) is 0 Å². The van der Waals surface area contributed by atoms with Gasteiger partial charge in [-0.1, -0.05) is 0 Å². The molecular formula is C14H19FN2O3. The van der Waals surface area contributed by atoms with Crippen molar-refractivity contribution in [1.29, 1.82) is 0 Å². The molecule has 0 radical (unpaired) electrons. The number of nitrogens with one attached hydrogen (secondary N) is 1.